The second-order valence-electron chi connectivity index (χ2n) is 5.93. The van der Waals surface area contributed by atoms with Crippen LogP contribution in [0.1, 0.15) is 24.1 Å². The third kappa shape index (κ3) is 2.98. The summed E-state index contributed by atoms with van der Waals surface area (Å²) < 4.78 is 2.13. The average molecular weight is 333 g/mol. The first-order chi connectivity index (χ1) is 11.8. The van der Waals surface area contributed by atoms with Crippen molar-refractivity contribution in [2.45, 2.75) is 19.5 Å². The number of hydrogen-bond donors (Lipinski definition) is 1. The van der Waals surface area contributed by atoms with Crippen LogP contribution >= 0.6 is 11.3 Å². The maximum Gasteiger partial charge on any atom is 0.100 e. The molecular weight excluding hydrogens is 314 g/mol. The molecule has 0 spiro atoms. The molecule has 0 radical (unpaired) electrons. The molecule has 24 heavy (non-hydrogen) atoms. The maximum absolute atomic E-state index is 4.46. The summed E-state index contributed by atoms with van der Waals surface area (Å²) in [5.41, 5.74) is 5.92. The van der Waals surface area contributed by atoms with Gasteiger partial charge in [-0.25, -0.2) is 4.98 Å². The van der Waals surface area contributed by atoms with Crippen LogP contribution < -0.4 is 5.32 Å². The number of thiophene rings is 1. The van der Waals surface area contributed by atoms with E-state index < -0.39 is 0 Å². The Morgan fingerprint density at radius 3 is 2.71 bits per heavy atom. The van der Waals surface area contributed by atoms with E-state index >= 15 is 0 Å². The van der Waals surface area contributed by atoms with E-state index in [1.807, 2.05) is 24.5 Å². The lowest BCUT2D eigenvalue weighted by atomic mass is 10.1. The first kappa shape index (κ1) is 15.1. The van der Waals surface area contributed by atoms with Gasteiger partial charge in [-0.3, -0.25) is 4.57 Å². The average Bonchev–Trinajstić information content (AvgIpc) is 3.29. The lowest BCUT2D eigenvalue weighted by Gasteiger charge is -2.14. The molecule has 4 aromatic rings. The Kier molecular flexibility index (Phi) is 4.15. The number of benzene rings is 2. The Balaban J connectivity index is 1.52. The van der Waals surface area contributed by atoms with Crippen LogP contribution in [0.3, 0.4) is 0 Å². The largest absolute Gasteiger partial charge is 0.306 e. The molecule has 4 rings (SSSR count). The molecule has 1 atom stereocenters. The van der Waals surface area contributed by atoms with Gasteiger partial charge in [-0.05, 0) is 59.1 Å². The topological polar surface area (TPSA) is 29.9 Å². The van der Waals surface area contributed by atoms with Gasteiger partial charge in [0.15, 0.2) is 0 Å². The number of aromatic nitrogens is 2. The molecule has 2 aromatic heterocycles. The van der Waals surface area contributed by atoms with Crippen LogP contribution in [-0.2, 0) is 6.54 Å². The number of hydrogen-bond acceptors (Lipinski definition) is 3. The fourth-order valence-corrected chi connectivity index (χ4v) is 3.54. The summed E-state index contributed by atoms with van der Waals surface area (Å²) in [5, 5.41) is 7.88. The Labute approximate surface area is 145 Å². The summed E-state index contributed by atoms with van der Waals surface area (Å²) in [4.78, 5) is 4.46. The third-order valence-electron chi connectivity index (χ3n) is 4.32. The Morgan fingerprint density at radius 1 is 1.08 bits per heavy atom. The molecule has 4 heteroatoms. The van der Waals surface area contributed by atoms with E-state index in [4.69, 9.17) is 0 Å². The maximum atomic E-state index is 4.46. The zero-order valence-corrected chi connectivity index (χ0v) is 14.3. The Bertz CT molecular complexity index is 923. The molecule has 0 saturated heterocycles. The highest BCUT2D eigenvalue weighted by atomic mass is 32.1. The Hall–Kier alpha value is -2.43. The van der Waals surface area contributed by atoms with E-state index in [0.717, 1.165) is 23.3 Å². The highest BCUT2D eigenvalue weighted by Crippen LogP contribution is 2.20. The van der Waals surface area contributed by atoms with Crippen LogP contribution in [0, 0.1) is 0 Å². The fourth-order valence-electron chi connectivity index (χ4n) is 2.87. The van der Waals surface area contributed by atoms with Crippen LogP contribution in [0.5, 0.6) is 0 Å². The second-order valence-corrected chi connectivity index (χ2v) is 6.71. The van der Waals surface area contributed by atoms with Gasteiger partial charge in [0.25, 0.3) is 0 Å². The van der Waals surface area contributed by atoms with Crippen molar-refractivity contribution in [1.29, 1.82) is 0 Å². The molecule has 0 fully saturated rings. The number of nitrogens with zero attached hydrogens (tertiary/aromatic N) is 2. The van der Waals surface area contributed by atoms with Gasteiger partial charge >= 0.3 is 0 Å². The van der Waals surface area contributed by atoms with Gasteiger partial charge in [-0.15, -0.1) is 0 Å². The molecule has 2 heterocycles. The van der Waals surface area contributed by atoms with Crippen LogP contribution in [-0.4, -0.2) is 9.55 Å². The van der Waals surface area contributed by atoms with Crippen LogP contribution in [0.15, 0.2) is 71.7 Å². The highest BCUT2D eigenvalue weighted by molar-refractivity contribution is 7.07. The lowest BCUT2D eigenvalue weighted by Crippen LogP contribution is -2.17. The van der Waals surface area contributed by atoms with Gasteiger partial charge < -0.3 is 5.32 Å². The van der Waals surface area contributed by atoms with E-state index in [2.05, 4.69) is 68.9 Å². The van der Waals surface area contributed by atoms with Gasteiger partial charge in [0.2, 0.25) is 0 Å². The number of para-hydroxylation sites is 2. The molecule has 3 nitrogen and oxygen atoms in total. The summed E-state index contributed by atoms with van der Waals surface area (Å²) in [5.74, 6) is 0. The van der Waals surface area contributed by atoms with Crippen LogP contribution in [0.2, 0.25) is 0 Å². The van der Waals surface area contributed by atoms with Gasteiger partial charge in [-0.1, -0.05) is 24.3 Å². The number of imidazole rings is 1. The highest BCUT2D eigenvalue weighted by Gasteiger charge is 2.07. The Morgan fingerprint density at radius 2 is 1.92 bits per heavy atom. The first-order valence-corrected chi connectivity index (χ1v) is 9.02. The molecule has 0 aliphatic carbocycles. The number of fused-ring (bicyclic) bond motifs is 1. The second kappa shape index (κ2) is 6.59. The van der Waals surface area contributed by atoms with Crippen LogP contribution in [0.4, 0.5) is 0 Å². The monoisotopic (exact) mass is 333 g/mol. The molecule has 0 amide bonds. The molecule has 1 N–H and O–H groups in total. The zero-order chi connectivity index (χ0) is 16.4. The van der Waals surface area contributed by atoms with Crippen molar-refractivity contribution in [2.24, 2.45) is 0 Å². The fraction of sp³-hybridized carbons (Fsp3) is 0.150. The van der Waals surface area contributed by atoms with Crippen molar-refractivity contribution < 1.29 is 0 Å². The van der Waals surface area contributed by atoms with Crippen molar-refractivity contribution in [3.8, 4) is 5.69 Å². The zero-order valence-electron chi connectivity index (χ0n) is 13.5. The first-order valence-electron chi connectivity index (χ1n) is 8.08. The van der Waals surface area contributed by atoms with E-state index in [1.165, 1.54) is 11.1 Å². The van der Waals surface area contributed by atoms with Gasteiger partial charge in [0, 0.05) is 18.3 Å². The van der Waals surface area contributed by atoms with E-state index in [1.54, 1.807) is 11.3 Å². The lowest BCUT2D eigenvalue weighted by molar-refractivity contribution is 0.575. The summed E-state index contributed by atoms with van der Waals surface area (Å²) >= 11 is 1.74. The number of nitrogens with one attached hydrogen (secondary N) is 1. The summed E-state index contributed by atoms with van der Waals surface area (Å²) in [6.07, 6.45) is 1.89. The standard InChI is InChI=1S/C20H19N3S/c1-15(21-12-16-10-11-24-13-16)17-6-8-18(9-7-17)23-14-22-19-4-2-3-5-20(19)23/h2-11,13-15,21H,12H2,1H3. The normalized spacial score (nSPS) is 12.5. The SMILES string of the molecule is CC(NCc1ccsc1)c1ccc(-n2cnc3ccccc32)cc1. The predicted octanol–water partition coefficient (Wildman–Crippen LogP) is 4.94. The van der Waals surface area contributed by atoms with Crippen molar-refractivity contribution in [1.82, 2.24) is 14.9 Å². The molecule has 0 aliphatic heterocycles. The summed E-state index contributed by atoms with van der Waals surface area (Å²) in [6, 6.07) is 19.4. The van der Waals surface area contributed by atoms with E-state index in [0.29, 0.717) is 6.04 Å². The molecule has 0 saturated carbocycles. The number of rotatable bonds is 5. The van der Waals surface area contributed by atoms with Crippen molar-refractivity contribution in [3.63, 3.8) is 0 Å². The van der Waals surface area contributed by atoms with Gasteiger partial charge in [-0.2, -0.15) is 11.3 Å². The molecule has 2 aromatic carbocycles. The smallest absolute Gasteiger partial charge is 0.100 e. The molecule has 1 unspecified atom stereocenters. The summed E-state index contributed by atoms with van der Waals surface area (Å²) in [7, 11) is 0. The van der Waals surface area contributed by atoms with Crippen molar-refractivity contribution in [3.05, 3.63) is 82.8 Å². The van der Waals surface area contributed by atoms with E-state index in [9.17, 15) is 0 Å². The van der Waals surface area contributed by atoms with Crippen molar-refractivity contribution in [2.75, 3.05) is 0 Å². The van der Waals surface area contributed by atoms with Gasteiger partial charge in [0.05, 0.1) is 11.0 Å². The third-order valence-corrected chi connectivity index (χ3v) is 5.05. The van der Waals surface area contributed by atoms with Gasteiger partial charge in [0.1, 0.15) is 6.33 Å². The van der Waals surface area contributed by atoms with E-state index in [-0.39, 0.29) is 0 Å². The van der Waals surface area contributed by atoms with Crippen LogP contribution in [0.25, 0.3) is 16.7 Å². The molecule has 0 aliphatic rings. The minimum absolute atomic E-state index is 0.318. The molecular formula is C20H19N3S. The minimum Gasteiger partial charge on any atom is -0.306 e. The summed E-state index contributed by atoms with van der Waals surface area (Å²) in [6.45, 7) is 3.10. The minimum atomic E-state index is 0.318. The predicted molar refractivity (Wildman–Crippen MR) is 101 cm³/mol. The molecule has 120 valence electrons. The molecule has 0 bridgehead atoms. The quantitative estimate of drug-likeness (QED) is 0.561. The van der Waals surface area contributed by atoms with Crippen molar-refractivity contribution >= 4 is 22.4 Å².